The van der Waals surface area contributed by atoms with Crippen molar-refractivity contribution in [2.45, 2.75) is 39.7 Å². The molecule has 2 aromatic rings. The van der Waals surface area contributed by atoms with E-state index in [1.807, 2.05) is 18.1 Å². The Kier molecular flexibility index (Phi) is 5.99. The van der Waals surface area contributed by atoms with E-state index in [0.29, 0.717) is 0 Å². The lowest BCUT2D eigenvalue weighted by Gasteiger charge is -2.04. The molecule has 0 aliphatic heterocycles. The highest BCUT2D eigenvalue weighted by Crippen LogP contribution is 2.22. The lowest BCUT2D eigenvalue weighted by molar-refractivity contribution is 0.656. The summed E-state index contributed by atoms with van der Waals surface area (Å²) in [6.45, 7) is 7.15. The first-order chi connectivity index (χ1) is 10.2. The monoisotopic (exact) mass is 353 g/mol. The van der Waals surface area contributed by atoms with Crippen LogP contribution in [0.1, 0.15) is 37.4 Å². The predicted octanol–water partition coefficient (Wildman–Crippen LogP) is 2.53. The second-order valence-corrected chi connectivity index (χ2v) is 6.01. The summed E-state index contributed by atoms with van der Waals surface area (Å²) in [5, 5.41) is 7.93. The number of nitrogens with zero attached hydrogens (tertiary/aromatic N) is 4. The zero-order chi connectivity index (χ0) is 15.2. The fourth-order valence-electron chi connectivity index (χ4n) is 2.30. The molecule has 0 saturated heterocycles. The Morgan fingerprint density at radius 3 is 2.76 bits per heavy atom. The molecule has 0 radical (unpaired) electrons. The molecule has 0 fully saturated rings. The van der Waals surface area contributed by atoms with Crippen LogP contribution in [0.4, 0.5) is 0 Å². The van der Waals surface area contributed by atoms with E-state index >= 15 is 0 Å². The first kappa shape index (κ1) is 16.2. The normalized spacial score (nSPS) is 11.2. The van der Waals surface area contributed by atoms with Gasteiger partial charge in [-0.3, -0.25) is 4.68 Å². The van der Waals surface area contributed by atoms with Gasteiger partial charge < -0.3 is 9.88 Å². The van der Waals surface area contributed by atoms with Crippen LogP contribution < -0.4 is 5.32 Å². The van der Waals surface area contributed by atoms with Gasteiger partial charge in [-0.2, -0.15) is 5.10 Å². The second-order valence-electron chi connectivity index (χ2n) is 5.22. The standard InChI is InChI=1S/C15H24BrN5/c1-4-7-17-8-6-12-9-21(11-18-12)10-14-15(16)13(5-2)19-20(14)3/h9,11,17H,4-8,10H2,1-3H3. The maximum absolute atomic E-state index is 4.53. The molecular weight excluding hydrogens is 330 g/mol. The molecule has 0 saturated carbocycles. The lowest BCUT2D eigenvalue weighted by Crippen LogP contribution is -2.17. The molecule has 5 nitrogen and oxygen atoms in total. The highest BCUT2D eigenvalue weighted by molar-refractivity contribution is 9.10. The van der Waals surface area contributed by atoms with E-state index < -0.39 is 0 Å². The van der Waals surface area contributed by atoms with E-state index in [0.717, 1.165) is 48.3 Å². The van der Waals surface area contributed by atoms with Crippen LogP contribution in [0, 0.1) is 0 Å². The molecule has 0 bridgehead atoms. The minimum absolute atomic E-state index is 0.791. The summed E-state index contributed by atoms with van der Waals surface area (Å²) in [6.07, 6.45) is 7.11. The molecule has 6 heteroatoms. The third kappa shape index (κ3) is 4.17. The highest BCUT2D eigenvalue weighted by atomic mass is 79.9. The molecule has 21 heavy (non-hydrogen) atoms. The molecule has 0 amide bonds. The summed E-state index contributed by atoms with van der Waals surface area (Å²) >= 11 is 3.66. The minimum atomic E-state index is 0.791. The van der Waals surface area contributed by atoms with E-state index in [2.05, 4.69) is 55.9 Å². The smallest absolute Gasteiger partial charge is 0.0953 e. The van der Waals surface area contributed by atoms with Crippen molar-refractivity contribution < 1.29 is 0 Å². The van der Waals surface area contributed by atoms with Gasteiger partial charge >= 0.3 is 0 Å². The van der Waals surface area contributed by atoms with Gasteiger partial charge in [-0.05, 0) is 35.3 Å². The van der Waals surface area contributed by atoms with Crippen molar-refractivity contribution in [3.05, 3.63) is 34.1 Å². The van der Waals surface area contributed by atoms with Crippen molar-refractivity contribution in [2.75, 3.05) is 13.1 Å². The molecule has 0 atom stereocenters. The van der Waals surface area contributed by atoms with Gasteiger partial charge in [-0.1, -0.05) is 13.8 Å². The summed E-state index contributed by atoms with van der Waals surface area (Å²) in [4.78, 5) is 4.47. The number of rotatable bonds is 8. The van der Waals surface area contributed by atoms with Gasteiger partial charge in [0.05, 0.1) is 34.4 Å². The lowest BCUT2D eigenvalue weighted by atomic mass is 10.3. The fourth-order valence-corrected chi connectivity index (χ4v) is 3.05. The third-order valence-electron chi connectivity index (χ3n) is 3.51. The van der Waals surface area contributed by atoms with E-state index in [1.54, 1.807) is 0 Å². The molecule has 0 aliphatic rings. The summed E-state index contributed by atoms with van der Waals surface area (Å²) in [5.41, 5.74) is 3.42. The Morgan fingerprint density at radius 1 is 1.29 bits per heavy atom. The maximum atomic E-state index is 4.53. The molecule has 116 valence electrons. The number of imidazole rings is 1. The van der Waals surface area contributed by atoms with E-state index in [9.17, 15) is 0 Å². The number of halogens is 1. The quantitative estimate of drug-likeness (QED) is 0.741. The van der Waals surface area contributed by atoms with Crippen LogP contribution in [0.15, 0.2) is 17.0 Å². The largest absolute Gasteiger partial charge is 0.331 e. The minimum Gasteiger partial charge on any atom is -0.331 e. The molecule has 2 rings (SSSR count). The van der Waals surface area contributed by atoms with Crippen LogP contribution >= 0.6 is 15.9 Å². The average molecular weight is 354 g/mol. The van der Waals surface area contributed by atoms with Crippen LogP contribution in [-0.2, 0) is 26.4 Å². The maximum Gasteiger partial charge on any atom is 0.0953 e. The van der Waals surface area contributed by atoms with Crippen LogP contribution in [0.2, 0.25) is 0 Å². The van der Waals surface area contributed by atoms with Gasteiger partial charge in [0.25, 0.3) is 0 Å². The molecule has 0 spiro atoms. The number of nitrogens with one attached hydrogen (secondary N) is 1. The van der Waals surface area contributed by atoms with Crippen LogP contribution in [0.5, 0.6) is 0 Å². The molecule has 0 unspecified atom stereocenters. The Labute approximate surface area is 134 Å². The van der Waals surface area contributed by atoms with Gasteiger partial charge in [0, 0.05) is 26.2 Å². The van der Waals surface area contributed by atoms with Gasteiger partial charge in [-0.25, -0.2) is 4.98 Å². The average Bonchev–Trinajstić information content (AvgIpc) is 3.03. The van der Waals surface area contributed by atoms with Crippen LogP contribution in [-0.4, -0.2) is 32.4 Å². The Hall–Kier alpha value is -1.14. The van der Waals surface area contributed by atoms with E-state index in [4.69, 9.17) is 0 Å². The number of aromatic nitrogens is 4. The zero-order valence-electron chi connectivity index (χ0n) is 13.1. The Morgan fingerprint density at radius 2 is 2.10 bits per heavy atom. The van der Waals surface area contributed by atoms with Gasteiger partial charge in [0.2, 0.25) is 0 Å². The number of aryl methyl sites for hydroxylation is 2. The second kappa shape index (κ2) is 7.75. The molecule has 2 heterocycles. The van der Waals surface area contributed by atoms with E-state index in [1.165, 1.54) is 12.1 Å². The number of hydrogen-bond acceptors (Lipinski definition) is 3. The first-order valence-corrected chi connectivity index (χ1v) is 8.36. The van der Waals surface area contributed by atoms with Gasteiger partial charge in [0.1, 0.15) is 0 Å². The summed E-state index contributed by atoms with van der Waals surface area (Å²) in [6, 6.07) is 0. The van der Waals surface area contributed by atoms with Crippen LogP contribution in [0.25, 0.3) is 0 Å². The SMILES string of the molecule is CCCNCCc1cn(Cc2c(Br)c(CC)nn2C)cn1. The topological polar surface area (TPSA) is 47.7 Å². The van der Waals surface area contributed by atoms with Crippen molar-refractivity contribution in [3.63, 3.8) is 0 Å². The van der Waals surface area contributed by atoms with E-state index in [-0.39, 0.29) is 0 Å². The van der Waals surface area contributed by atoms with Gasteiger partial charge in [-0.15, -0.1) is 0 Å². The molecule has 1 N–H and O–H groups in total. The van der Waals surface area contributed by atoms with Crippen LogP contribution in [0.3, 0.4) is 0 Å². The fraction of sp³-hybridized carbons (Fsp3) is 0.600. The third-order valence-corrected chi connectivity index (χ3v) is 4.42. The van der Waals surface area contributed by atoms with Crippen molar-refractivity contribution in [3.8, 4) is 0 Å². The summed E-state index contributed by atoms with van der Waals surface area (Å²) < 4.78 is 5.19. The summed E-state index contributed by atoms with van der Waals surface area (Å²) in [7, 11) is 1.99. The molecular formula is C15H24BrN5. The van der Waals surface area contributed by atoms with Crippen molar-refractivity contribution >= 4 is 15.9 Å². The zero-order valence-corrected chi connectivity index (χ0v) is 14.7. The summed E-state index contributed by atoms with van der Waals surface area (Å²) in [5.74, 6) is 0. The Balaban J connectivity index is 1.98. The molecule has 2 aromatic heterocycles. The number of hydrogen-bond donors (Lipinski definition) is 1. The first-order valence-electron chi connectivity index (χ1n) is 7.57. The molecule has 0 aromatic carbocycles. The van der Waals surface area contributed by atoms with Gasteiger partial charge in [0.15, 0.2) is 0 Å². The molecule has 0 aliphatic carbocycles. The van der Waals surface area contributed by atoms with Crippen molar-refractivity contribution in [2.24, 2.45) is 7.05 Å². The predicted molar refractivity (Wildman–Crippen MR) is 88.5 cm³/mol. The van der Waals surface area contributed by atoms with Crippen molar-refractivity contribution in [1.29, 1.82) is 0 Å². The Bertz CT molecular complexity index is 573. The highest BCUT2D eigenvalue weighted by Gasteiger charge is 2.13. The van der Waals surface area contributed by atoms with Crippen molar-refractivity contribution in [1.82, 2.24) is 24.6 Å².